The molecular formula is C8H9F2N3O2. The van der Waals surface area contributed by atoms with Gasteiger partial charge in [0.15, 0.2) is 0 Å². The van der Waals surface area contributed by atoms with Crippen molar-refractivity contribution in [3.8, 4) is 5.88 Å². The molecule has 0 aliphatic rings. The first-order valence-electron chi connectivity index (χ1n) is 3.89. The molecule has 0 aromatic carbocycles. The van der Waals surface area contributed by atoms with Gasteiger partial charge in [0.2, 0.25) is 5.88 Å². The summed E-state index contributed by atoms with van der Waals surface area (Å²) in [7, 11) is 1.25. The van der Waals surface area contributed by atoms with Gasteiger partial charge in [-0.2, -0.15) is 4.98 Å². The monoisotopic (exact) mass is 217 g/mol. The molecule has 0 unspecified atom stereocenters. The number of carbonyl (C=O) groups excluding carboxylic acids is 1. The van der Waals surface area contributed by atoms with Crippen molar-refractivity contribution in [2.24, 2.45) is 5.73 Å². The fraction of sp³-hybridized carbons (Fsp3) is 0.250. The standard InChI is InChI=1S/C8H9F2N3O2/c1-15-4-2-3(6(9)10)5(8(12)14)7(11)13-4/h2,6H,1H3,(H2,11,13)(H2,12,14). The van der Waals surface area contributed by atoms with E-state index in [1.54, 1.807) is 0 Å². The summed E-state index contributed by atoms with van der Waals surface area (Å²) in [5, 5.41) is 0. The van der Waals surface area contributed by atoms with Crippen LogP contribution in [-0.2, 0) is 0 Å². The van der Waals surface area contributed by atoms with Crippen LogP contribution in [0.25, 0.3) is 0 Å². The lowest BCUT2D eigenvalue weighted by atomic mass is 10.1. The molecule has 7 heteroatoms. The molecule has 4 N–H and O–H groups in total. The molecule has 1 heterocycles. The highest BCUT2D eigenvalue weighted by Crippen LogP contribution is 2.28. The number of aromatic nitrogens is 1. The molecule has 0 saturated heterocycles. The molecular weight excluding hydrogens is 208 g/mol. The summed E-state index contributed by atoms with van der Waals surface area (Å²) in [5.41, 5.74) is 9.18. The highest BCUT2D eigenvalue weighted by molar-refractivity contribution is 5.98. The first kappa shape index (κ1) is 11.2. The minimum Gasteiger partial charge on any atom is -0.481 e. The van der Waals surface area contributed by atoms with E-state index in [2.05, 4.69) is 9.72 Å². The quantitative estimate of drug-likeness (QED) is 0.779. The number of alkyl halides is 2. The Labute approximate surface area is 84.0 Å². The normalized spacial score (nSPS) is 10.4. The number of carbonyl (C=O) groups is 1. The van der Waals surface area contributed by atoms with Gasteiger partial charge in [0.05, 0.1) is 12.7 Å². The van der Waals surface area contributed by atoms with Crippen LogP contribution < -0.4 is 16.2 Å². The molecule has 0 aliphatic heterocycles. The smallest absolute Gasteiger partial charge is 0.264 e. The number of nitrogens with zero attached hydrogens (tertiary/aromatic N) is 1. The van der Waals surface area contributed by atoms with E-state index < -0.39 is 23.5 Å². The summed E-state index contributed by atoms with van der Waals surface area (Å²) in [4.78, 5) is 14.5. The molecule has 1 amide bonds. The summed E-state index contributed by atoms with van der Waals surface area (Å²) in [6.07, 6.45) is -2.87. The Kier molecular flexibility index (Phi) is 3.03. The molecule has 1 aromatic rings. The first-order chi connectivity index (χ1) is 6.97. The number of methoxy groups -OCH3 is 1. The number of hydrogen-bond acceptors (Lipinski definition) is 4. The van der Waals surface area contributed by atoms with E-state index in [-0.39, 0.29) is 11.7 Å². The summed E-state index contributed by atoms with van der Waals surface area (Å²) in [5.74, 6) is -1.50. The zero-order valence-corrected chi connectivity index (χ0v) is 7.83. The van der Waals surface area contributed by atoms with Crippen molar-refractivity contribution < 1.29 is 18.3 Å². The molecule has 0 bridgehead atoms. The summed E-state index contributed by atoms with van der Waals surface area (Å²) < 4.78 is 29.7. The highest BCUT2D eigenvalue weighted by atomic mass is 19.3. The number of pyridine rings is 1. The van der Waals surface area contributed by atoms with Crippen molar-refractivity contribution in [1.82, 2.24) is 4.98 Å². The molecule has 0 fully saturated rings. The van der Waals surface area contributed by atoms with E-state index >= 15 is 0 Å². The Morgan fingerprint density at radius 1 is 1.60 bits per heavy atom. The van der Waals surface area contributed by atoms with Gasteiger partial charge in [-0.1, -0.05) is 0 Å². The van der Waals surface area contributed by atoms with Crippen LogP contribution in [0.1, 0.15) is 22.3 Å². The average molecular weight is 217 g/mol. The van der Waals surface area contributed by atoms with E-state index in [1.807, 2.05) is 0 Å². The van der Waals surface area contributed by atoms with Crippen molar-refractivity contribution >= 4 is 11.7 Å². The number of primary amides is 1. The van der Waals surface area contributed by atoms with Crippen molar-refractivity contribution in [3.63, 3.8) is 0 Å². The van der Waals surface area contributed by atoms with Gasteiger partial charge in [0.1, 0.15) is 5.82 Å². The predicted molar refractivity (Wildman–Crippen MR) is 48.7 cm³/mol. The molecule has 0 atom stereocenters. The third-order valence-corrected chi connectivity index (χ3v) is 1.75. The molecule has 1 aromatic heterocycles. The van der Waals surface area contributed by atoms with Crippen LogP contribution >= 0.6 is 0 Å². The van der Waals surface area contributed by atoms with E-state index in [9.17, 15) is 13.6 Å². The second kappa shape index (κ2) is 4.07. The number of nitrogens with two attached hydrogens (primary N) is 2. The Morgan fingerprint density at radius 2 is 2.20 bits per heavy atom. The van der Waals surface area contributed by atoms with E-state index in [0.717, 1.165) is 6.07 Å². The SMILES string of the molecule is COc1cc(C(F)F)c(C(N)=O)c(N)n1. The fourth-order valence-electron chi connectivity index (χ4n) is 1.11. The predicted octanol–water partition coefficient (Wildman–Crippen LogP) is 0.709. The molecule has 1 rings (SSSR count). The van der Waals surface area contributed by atoms with Crippen LogP contribution in [0.3, 0.4) is 0 Å². The van der Waals surface area contributed by atoms with E-state index in [4.69, 9.17) is 11.5 Å². The van der Waals surface area contributed by atoms with Crippen molar-refractivity contribution in [1.29, 1.82) is 0 Å². The summed E-state index contributed by atoms with van der Waals surface area (Å²) in [6.45, 7) is 0. The lowest BCUT2D eigenvalue weighted by Crippen LogP contribution is -2.18. The maximum Gasteiger partial charge on any atom is 0.264 e. The van der Waals surface area contributed by atoms with Crippen molar-refractivity contribution in [2.45, 2.75) is 6.43 Å². The number of amides is 1. The van der Waals surface area contributed by atoms with Crippen LogP contribution in [0.2, 0.25) is 0 Å². The topological polar surface area (TPSA) is 91.2 Å². The summed E-state index contributed by atoms with van der Waals surface area (Å²) >= 11 is 0. The van der Waals surface area contributed by atoms with Gasteiger partial charge in [-0.3, -0.25) is 4.79 Å². The van der Waals surface area contributed by atoms with Gasteiger partial charge in [0, 0.05) is 11.6 Å². The van der Waals surface area contributed by atoms with Crippen LogP contribution in [0.4, 0.5) is 14.6 Å². The largest absolute Gasteiger partial charge is 0.481 e. The van der Waals surface area contributed by atoms with Crippen LogP contribution in [0.15, 0.2) is 6.07 Å². The Balaban J connectivity index is 3.42. The number of anilines is 1. The molecule has 0 saturated carbocycles. The van der Waals surface area contributed by atoms with Crippen LogP contribution in [0.5, 0.6) is 5.88 Å². The number of halogens is 2. The van der Waals surface area contributed by atoms with Gasteiger partial charge in [0.25, 0.3) is 12.3 Å². The molecule has 15 heavy (non-hydrogen) atoms. The van der Waals surface area contributed by atoms with Gasteiger partial charge in [-0.25, -0.2) is 8.78 Å². The van der Waals surface area contributed by atoms with E-state index in [1.165, 1.54) is 7.11 Å². The average Bonchev–Trinajstić information content (AvgIpc) is 2.15. The number of nitrogen functional groups attached to an aromatic ring is 1. The van der Waals surface area contributed by atoms with E-state index in [0.29, 0.717) is 0 Å². The number of hydrogen-bond donors (Lipinski definition) is 2. The number of ether oxygens (including phenoxy) is 1. The minimum absolute atomic E-state index is 0.0900. The zero-order chi connectivity index (χ0) is 11.6. The first-order valence-corrected chi connectivity index (χ1v) is 3.89. The van der Waals surface area contributed by atoms with Crippen LogP contribution in [-0.4, -0.2) is 18.0 Å². The molecule has 0 aliphatic carbocycles. The van der Waals surface area contributed by atoms with Gasteiger partial charge in [-0.05, 0) is 0 Å². The lowest BCUT2D eigenvalue weighted by molar-refractivity contribution is 0.0986. The second-order valence-electron chi connectivity index (χ2n) is 2.68. The zero-order valence-electron chi connectivity index (χ0n) is 7.83. The molecule has 0 radical (unpaired) electrons. The maximum atomic E-state index is 12.5. The summed E-state index contributed by atoms with van der Waals surface area (Å²) in [6, 6.07) is 0.932. The fourth-order valence-corrected chi connectivity index (χ4v) is 1.11. The van der Waals surface area contributed by atoms with Gasteiger partial charge < -0.3 is 16.2 Å². The lowest BCUT2D eigenvalue weighted by Gasteiger charge is -2.09. The highest BCUT2D eigenvalue weighted by Gasteiger charge is 2.21. The number of rotatable bonds is 3. The van der Waals surface area contributed by atoms with Gasteiger partial charge in [-0.15, -0.1) is 0 Å². The molecule has 82 valence electrons. The van der Waals surface area contributed by atoms with Crippen molar-refractivity contribution in [2.75, 3.05) is 12.8 Å². The van der Waals surface area contributed by atoms with Crippen molar-refractivity contribution in [3.05, 3.63) is 17.2 Å². The minimum atomic E-state index is -2.87. The second-order valence-corrected chi connectivity index (χ2v) is 2.68. The third kappa shape index (κ3) is 2.12. The van der Waals surface area contributed by atoms with Gasteiger partial charge >= 0.3 is 0 Å². The third-order valence-electron chi connectivity index (χ3n) is 1.75. The molecule has 5 nitrogen and oxygen atoms in total. The molecule has 0 spiro atoms. The Hall–Kier alpha value is -1.92. The van der Waals surface area contributed by atoms with Crippen LogP contribution in [0, 0.1) is 0 Å². The Bertz CT molecular complexity index is 396. The maximum absolute atomic E-state index is 12.5. The Morgan fingerprint density at radius 3 is 2.60 bits per heavy atom.